The highest BCUT2D eigenvalue weighted by Gasteiger charge is 2.24. The summed E-state index contributed by atoms with van der Waals surface area (Å²) in [5.41, 5.74) is 1.86. The van der Waals surface area contributed by atoms with Crippen molar-refractivity contribution in [2.24, 2.45) is 5.92 Å². The van der Waals surface area contributed by atoms with Crippen LogP contribution in [-0.2, 0) is 4.74 Å². The SMILES string of the molecule is Cc1ccc(Br)cc1C(=O)C1CCCOC1. The number of aryl methyl sites for hydroxylation is 1. The van der Waals surface area contributed by atoms with E-state index in [1.165, 1.54) is 0 Å². The Hall–Kier alpha value is -0.670. The zero-order valence-corrected chi connectivity index (χ0v) is 10.9. The topological polar surface area (TPSA) is 26.3 Å². The van der Waals surface area contributed by atoms with E-state index >= 15 is 0 Å². The van der Waals surface area contributed by atoms with E-state index in [4.69, 9.17) is 4.74 Å². The van der Waals surface area contributed by atoms with Gasteiger partial charge in [-0.1, -0.05) is 22.0 Å². The average molecular weight is 283 g/mol. The van der Waals surface area contributed by atoms with Gasteiger partial charge in [-0.3, -0.25) is 4.79 Å². The minimum atomic E-state index is 0.0433. The summed E-state index contributed by atoms with van der Waals surface area (Å²) in [6.07, 6.45) is 1.94. The number of benzene rings is 1. The fraction of sp³-hybridized carbons (Fsp3) is 0.462. The van der Waals surface area contributed by atoms with Crippen LogP contribution in [0.2, 0.25) is 0 Å². The number of Topliss-reactive ketones (excluding diaryl/α,β-unsaturated/α-hetero) is 1. The molecule has 86 valence electrons. The average Bonchev–Trinajstić information content (AvgIpc) is 2.32. The molecular formula is C13H15BrO2. The lowest BCUT2D eigenvalue weighted by Crippen LogP contribution is -2.25. The number of ketones is 1. The fourth-order valence-corrected chi connectivity index (χ4v) is 2.39. The van der Waals surface area contributed by atoms with Gasteiger partial charge in [0.2, 0.25) is 0 Å². The molecule has 1 heterocycles. The van der Waals surface area contributed by atoms with Crippen molar-refractivity contribution >= 4 is 21.7 Å². The number of hydrogen-bond acceptors (Lipinski definition) is 2. The van der Waals surface area contributed by atoms with Crippen LogP contribution in [0, 0.1) is 12.8 Å². The van der Waals surface area contributed by atoms with Gasteiger partial charge in [-0.05, 0) is 37.5 Å². The number of ether oxygens (including phenoxy) is 1. The molecule has 1 fully saturated rings. The molecule has 0 N–H and O–H groups in total. The monoisotopic (exact) mass is 282 g/mol. The van der Waals surface area contributed by atoms with Crippen molar-refractivity contribution in [3.05, 3.63) is 33.8 Å². The Balaban J connectivity index is 2.22. The summed E-state index contributed by atoms with van der Waals surface area (Å²) in [5, 5.41) is 0. The third kappa shape index (κ3) is 2.53. The molecule has 0 bridgehead atoms. The highest BCUT2D eigenvalue weighted by molar-refractivity contribution is 9.10. The maximum absolute atomic E-state index is 12.3. The van der Waals surface area contributed by atoms with E-state index in [1.807, 2.05) is 25.1 Å². The number of carbonyl (C=O) groups is 1. The molecule has 0 aliphatic carbocycles. The Kier molecular flexibility index (Phi) is 3.77. The van der Waals surface area contributed by atoms with Crippen molar-refractivity contribution in [3.63, 3.8) is 0 Å². The first-order valence-corrected chi connectivity index (χ1v) is 6.36. The van der Waals surface area contributed by atoms with Crippen molar-refractivity contribution in [2.45, 2.75) is 19.8 Å². The molecule has 1 aliphatic rings. The van der Waals surface area contributed by atoms with Crippen LogP contribution in [0.15, 0.2) is 22.7 Å². The van der Waals surface area contributed by atoms with Crippen LogP contribution in [0.25, 0.3) is 0 Å². The molecule has 0 spiro atoms. The fourth-order valence-electron chi connectivity index (χ4n) is 2.03. The highest BCUT2D eigenvalue weighted by atomic mass is 79.9. The van der Waals surface area contributed by atoms with Crippen molar-refractivity contribution in [2.75, 3.05) is 13.2 Å². The van der Waals surface area contributed by atoms with Crippen LogP contribution in [-0.4, -0.2) is 19.0 Å². The van der Waals surface area contributed by atoms with E-state index in [-0.39, 0.29) is 11.7 Å². The van der Waals surface area contributed by atoms with Crippen LogP contribution in [0.4, 0.5) is 0 Å². The van der Waals surface area contributed by atoms with Gasteiger partial charge in [-0.15, -0.1) is 0 Å². The van der Waals surface area contributed by atoms with Gasteiger partial charge in [0.25, 0.3) is 0 Å². The molecule has 2 nitrogen and oxygen atoms in total. The van der Waals surface area contributed by atoms with Gasteiger partial charge < -0.3 is 4.74 Å². The molecule has 0 aromatic heterocycles. The van der Waals surface area contributed by atoms with Crippen LogP contribution in [0.5, 0.6) is 0 Å². The smallest absolute Gasteiger partial charge is 0.168 e. The maximum Gasteiger partial charge on any atom is 0.168 e. The molecule has 1 atom stereocenters. The molecule has 0 radical (unpaired) electrons. The molecule has 0 amide bonds. The molecular weight excluding hydrogens is 268 g/mol. The predicted octanol–water partition coefficient (Wildman–Crippen LogP) is 3.37. The van der Waals surface area contributed by atoms with Crippen molar-refractivity contribution in [1.82, 2.24) is 0 Å². The van der Waals surface area contributed by atoms with Crippen LogP contribution in [0.3, 0.4) is 0 Å². The Morgan fingerprint density at radius 1 is 1.50 bits per heavy atom. The first kappa shape index (κ1) is 11.8. The van der Waals surface area contributed by atoms with E-state index in [9.17, 15) is 4.79 Å². The van der Waals surface area contributed by atoms with E-state index < -0.39 is 0 Å². The summed E-state index contributed by atoms with van der Waals surface area (Å²) in [7, 11) is 0. The lowest BCUT2D eigenvalue weighted by Gasteiger charge is -2.21. The lowest BCUT2D eigenvalue weighted by atomic mass is 9.91. The standard InChI is InChI=1S/C13H15BrO2/c1-9-4-5-11(14)7-12(9)13(15)10-3-2-6-16-8-10/h4-5,7,10H,2-3,6,8H2,1H3. The van der Waals surface area contributed by atoms with Gasteiger partial charge in [-0.25, -0.2) is 0 Å². The Morgan fingerprint density at radius 2 is 2.31 bits per heavy atom. The molecule has 1 aliphatic heterocycles. The maximum atomic E-state index is 12.3. The molecule has 1 aromatic carbocycles. The van der Waals surface area contributed by atoms with E-state index in [1.54, 1.807) is 0 Å². The summed E-state index contributed by atoms with van der Waals surface area (Å²) in [6, 6.07) is 5.84. The van der Waals surface area contributed by atoms with Gasteiger partial charge in [0.15, 0.2) is 5.78 Å². The van der Waals surface area contributed by atoms with E-state index in [0.29, 0.717) is 6.61 Å². The van der Waals surface area contributed by atoms with Gasteiger partial charge >= 0.3 is 0 Å². The van der Waals surface area contributed by atoms with Crippen LogP contribution in [0.1, 0.15) is 28.8 Å². The van der Waals surface area contributed by atoms with Crippen LogP contribution >= 0.6 is 15.9 Å². The van der Waals surface area contributed by atoms with Gasteiger partial charge in [0.1, 0.15) is 0 Å². The second kappa shape index (κ2) is 5.11. The number of halogens is 1. The van der Waals surface area contributed by atoms with Gasteiger partial charge in [0, 0.05) is 22.6 Å². The lowest BCUT2D eigenvalue weighted by molar-refractivity contribution is 0.0461. The molecule has 2 rings (SSSR count). The Bertz CT molecular complexity index is 395. The van der Waals surface area contributed by atoms with Gasteiger partial charge in [0.05, 0.1) is 6.61 Å². The number of carbonyl (C=O) groups excluding carboxylic acids is 1. The van der Waals surface area contributed by atoms with Crippen molar-refractivity contribution < 1.29 is 9.53 Å². The number of rotatable bonds is 2. The van der Waals surface area contributed by atoms with Crippen molar-refractivity contribution in [3.8, 4) is 0 Å². The Morgan fingerprint density at radius 3 is 3.00 bits per heavy atom. The molecule has 1 saturated heterocycles. The Labute approximate surface area is 104 Å². The summed E-state index contributed by atoms with van der Waals surface area (Å²) in [6.45, 7) is 3.34. The van der Waals surface area contributed by atoms with Crippen LogP contribution < -0.4 is 0 Å². The summed E-state index contributed by atoms with van der Waals surface area (Å²) >= 11 is 3.41. The minimum absolute atomic E-state index is 0.0433. The first-order chi connectivity index (χ1) is 7.68. The zero-order valence-electron chi connectivity index (χ0n) is 9.33. The quantitative estimate of drug-likeness (QED) is 0.778. The molecule has 0 saturated carbocycles. The number of hydrogen-bond donors (Lipinski definition) is 0. The predicted molar refractivity (Wildman–Crippen MR) is 66.8 cm³/mol. The second-order valence-electron chi connectivity index (χ2n) is 4.24. The zero-order chi connectivity index (χ0) is 11.5. The third-order valence-electron chi connectivity index (χ3n) is 3.00. The molecule has 1 aromatic rings. The summed E-state index contributed by atoms with van der Waals surface area (Å²) < 4.78 is 6.32. The normalized spacial score (nSPS) is 20.8. The van der Waals surface area contributed by atoms with Crippen molar-refractivity contribution in [1.29, 1.82) is 0 Å². The molecule has 3 heteroatoms. The van der Waals surface area contributed by atoms with E-state index in [0.717, 1.165) is 35.0 Å². The highest BCUT2D eigenvalue weighted by Crippen LogP contribution is 2.23. The first-order valence-electron chi connectivity index (χ1n) is 5.56. The molecule has 16 heavy (non-hydrogen) atoms. The molecule has 1 unspecified atom stereocenters. The minimum Gasteiger partial charge on any atom is -0.381 e. The second-order valence-corrected chi connectivity index (χ2v) is 5.15. The summed E-state index contributed by atoms with van der Waals surface area (Å²) in [5.74, 6) is 0.264. The summed E-state index contributed by atoms with van der Waals surface area (Å²) in [4.78, 5) is 12.3. The van der Waals surface area contributed by atoms with Gasteiger partial charge in [-0.2, -0.15) is 0 Å². The third-order valence-corrected chi connectivity index (χ3v) is 3.49. The van der Waals surface area contributed by atoms with E-state index in [2.05, 4.69) is 15.9 Å². The largest absolute Gasteiger partial charge is 0.381 e.